The lowest BCUT2D eigenvalue weighted by Gasteiger charge is -2.11. The third-order valence-electron chi connectivity index (χ3n) is 4.60. The molecule has 1 heterocycles. The average molecular weight is 377 g/mol. The molecule has 146 valence electrons. The summed E-state index contributed by atoms with van der Waals surface area (Å²) in [5.74, 6) is 1.80. The molecule has 0 atom stereocenters. The zero-order valence-electron chi connectivity index (χ0n) is 16.5. The van der Waals surface area contributed by atoms with Crippen molar-refractivity contribution >= 4 is 5.91 Å². The molecule has 0 aliphatic heterocycles. The van der Waals surface area contributed by atoms with E-state index in [9.17, 15) is 4.79 Å². The maximum absolute atomic E-state index is 12.1. The molecular formula is C23H27N3O2. The maximum atomic E-state index is 12.1. The molecule has 0 bridgehead atoms. The van der Waals surface area contributed by atoms with E-state index in [1.54, 1.807) is 6.20 Å². The Morgan fingerprint density at radius 1 is 1.14 bits per heavy atom. The Kier molecular flexibility index (Phi) is 6.84. The van der Waals surface area contributed by atoms with Crippen molar-refractivity contribution in [3.05, 3.63) is 83.4 Å². The van der Waals surface area contributed by atoms with Crippen LogP contribution in [0.1, 0.15) is 28.9 Å². The molecule has 1 amide bonds. The van der Waals surface area contributed by atoms with Gasteiger partial charge in [0.25, 0.3) is 0 Å². The SMILES string of the molecule is Cc1ccc(C)c(OCCC(=O)NCCc2nccn2Cc2ccccc2)c1. The smallest absolute Gasteiger partial charge is 0.223 e. The van der Waals surface area contributed by atoms with Crippen LogP contribution < -0.4 is 10.1 Å². The fourth-order valence-electron chi connectivity index (χ4n) is 3.01. The Morgan fingerprint density at radius 3 is 2.79 bits per heavy atom. The first kappa shape index (κ1) is 19.7. The van der Waals surface area contributed by atoms with Crippen LogP contribution in [0.3, 0.4) is 0 Å². The third kappa shape index (κ3) is 5.71. The summed E-state index contributed by atoms with van der Waals surface area (Å²) in [7, 11) is 0. The molecular weight excluding hydrogens is 350 g/mol. The van der Waals surface area contributed by atoms with Gasteiger partial charge in [-0.1, -0.05) is 42.5 Å². The average Bonchev–Trinajstić information content (AvgIpc) is 3.12. The Hall–Kier alpha value is -3.08. The molecule has 0 aliphatic rings. The Morgan fingerprint density at radius 2 is 1.96 bits per heavy atom. The second-order valence-corrected chi connectivity index (χ2v) is 6.92. The lowest BCUT2D eigenvalue weighted by molar-refractivity contribution is -0.121. The summed E-state index contributed by atoms with van der Waals surface area (Å²) in [5.41, 5.74) is 3.46. The quantitative estimate of drug-likeness (QED) is 0.619. The third-order valence-corrected chi connectivity index (χ3v) is 4.60. The molecule has 0 unspecified atom stereocenters. The molecule has 3 aromatic rings. The number of imidazole rings is 1. The van der Waals surface area contributed by atoms with Crippen LogP contribution in [0.5, 0.6) is 5.75 Å². The van der Waals surface area contributed by atoms with Gasteiger partial charge in [0, 0.05) is 31.9 Å². The summed E-state index contributed by atoms with van der Waals surface area (Å²) < 4.78 is 7.86. The molecule has 0 aliphatic carbocycles. The van der Waals surface area contributed by atoms with Gasteiger partial charge in [-0.3, -0.25) is 4.79 Å². The lowest BCUT2D eigenvalue weighted by atomic mass is 10.1. The van der Waals surface area contributed by atoms with Crippen molar-refractivity contribution in [2.75, 3.05) is 13.2 Å². The Bertz CT molecular complexity index is 903. The molecule has 5 nitrogen and oxygen atoms in total. The highest BCUT2D eigenvalue weighted by Gasteiger charge is 2.07. The number of aromatic nitrogens is 2. The molecule has 0 spiro atoms. The van der Waals surface area contributed by atoms with Crippen LogP contribution in [0.4, 0.5) is 0 Å². The molecule has 0 saturated carbocycles. The predicted molar refractivity (Wildman–Crippen MR) is 111 cm³/mol. The second-order valence-electron chi connectivity index (χ2n) is 6.92. The summed E-state index contributed by atoms with van der Waals surface area (Å²) in [6.45, 7) is 5.76. The van der Waals surface area contributed by atoms with Crippen molar-refractivity contribution < 1.29 is 9.53 Å². The van der Waals surface area contributed by atoms with Crippen molar-refractivity contribution in [3.8, 4) is 5.75 Å². The first-order valence-electron chi connectivity index (χ1n) is 9.62. The summed E-state index contributed by atoms with van der Waals surface area (Å²) in [6.07, 6.45) is 4.82. The Balaban J connectivity index is 1.40. The van der Waals surface area contributed by atoms with Crippen LogP contribution in [0, 0.1) is 13.8 Å². The number of benzene rings is 2. The van der Waals surface area contributed by atoms with Gasteiger partial charge in [-0.2, -0.15) is 0 Å². The monoisotopic (exact) mass is 377 g/mol. The van der Waals surface area contributed by atoms with Crippen LogP contribution in [-0.2, 0) is 17.8 Å². The first-order valence-corrected chi connectivity index (χ1v) is 9.62. The number of carbonyl (C=O) groups excluding carboxylic acids is 1. The van der Waals surface area contributed by atoms with Crippen LogP contribution in [0.2, 0.25) is 0 Å². The first-order chi connectivity index (χ1) is 13.6. The minimum Gasteiger partial charge on any atom is -0.493 e. The number of aryl methyl sites for hydroxylation is 2. The number of carbonyl (C=O) groups is 1. The van der Waals surface area contributed by atoms with Crippen LogP contribution in [0.25, 0.3) is 0 Å². The highest BCUT2D eigenvalue weighted by atomic mass is 16.5. The van der Waals surface area contributed by atoms with Crippen LogP contribution >= 0.6 is 0 Å². The largest absolute Gasteiger partial charge is 0.493 e. The predicted octanol–water partition coefficient (Wildman–Crippen LogP) is 3.68. The molecule has 2 aromatic carbocycles. The molecule has 28 heavy (non-hydrogen) atoms. The number of hydrogen-bond acceptors (Lipinski definition) is 3. The normalized spacial score (nSPS) is 10.6. The molecule has 0 saturated heterocycles. The van der Waals surface area contributed by atoms with Gasteiger partial charge in [0.15, 0.2) is 0 Å². The van der Waals surface area contributed by atoms with E-state index in [1.165, 1.54) is 5.56 Å². The van der Waals surface area contributed by atoms with Gasteiger partial charge in [0.1, 0.15) is 11.6 Å². The number of hydrogen-bond donors (Lipinski definition) is 1. The van der Waals surface area contributed by atoms with Crippen LogP contribution in [-0.4, -0.2) is 28.6 Å². The summed E-state index contributed by atoms with van der Waals surface area (Å²) in [4.78, 5) is 16.5. The fraction of sp³-hybridized carbons (Fsp3) is 0.304. The summed E-state index contributed by atoms with van der Waals surface area (Å²) in [5, 5.41) is 2.95. The maximum Gasteiger partial charge on any atom is 0.223 e. The highest BCUT2D eigenvalue weighted by molar-refractivity contribution is 5.75. The summed E-state index contributed by atoms with van der Waals surface area (Å²) in [6, 6.07) is 16.4. The van der Waals surface area contributed by atoms with E-state index in [0.717, 1.165) is 29.2 Å². The molecule has 5 heteroatoms. The second kappa shape index (κ2) is 9.74. The zero-order chi connectivity index (χ0) is 19.8. The number of amides is 1. The van der Waals surface area contributed by atoms with Gasteiger partial charge < -0.3 is 14.6 Å². The van der Waals surface area contributed by atoms with Gasteiger partial charge in [-0.25, -0.2) is 4.98 Å². The van der Waals surface area contributed by atoms with E-state index < -0.39 is 0 Å². The fourth-order valence-corrected chi connectivity index (χ4v) is 3.01. The van der Waals surface area contributed by atoms with Gasteiger partial charge in [0.2, 0.25) is 5.91 Å². The molecule has 1 N–H and O–H groups in total. The summed E-state index contributed by atoms with van der Waals surface area (Å²) >= 11 is 0. The number of ether oxygens (including phenoxy) is 1. The van der Waals surface area contributed by atoms with Gasteiger partial charge >= 0.3 is 0 Å². The number of nitrogens with zero attached hydrogens (tertiary/aromatic N) is 2. The topological polar surface area (TPSA) is 56.1 Å². The highest BCUT2D eigenvalue weighted by Crippen LogP contribution is 2.19. The van der Waals surface area contributed by atoms with E-state index in [2.05, 4.69) is 33.1 Å². The lowest BCUT2D eigenvalue weighted by Crippen LogP contribution is -2.27. The van der Waals surface area contributed by atoms with Crippen molar-refractivity contribution in [3.63, 3.8) is 0 Å². The van der Waals surface area contributed by atoms with Gasteiger partial charge in [-0.05, 0) is 36.6 Å². The van der Waals surface area contributed by atoms with Gasteiger partial charge in [0.05, 0.1) is 13.0 Å². The van der Waals surface area contributed by atoms with Gasteiger partial charge in [-0.15, -0.1) is 0 Å². The molecule has 0 radical (unpaired) electrons. The van der Waals surface area contributed by atoms with Crippen LogP contribution in [0.15, 0.2) is 60.9 Å². The van der Waals surface area contributed by atoms with Crippen molar-refractivity contribution in [2.24, 2.45) is 0 Å². The van der Waals surface area contributed by atoms with E-state index in [1.807, 2.05) is 50.4 Å². The van der Waals surface area contributed by atoms with Crippen molar-refractivity contribution in [1.82, 2.24) is 14.9 Å². The molecule has 0 fully saturated rings. The number of rotatable bonds is 9. The van der Waals surface area contributed by atoms with E-state index in [-0.39, 0.29) is 5.91 Å². The minimum atomic E-state index is -0.00790. The van der Waals surface area contributed by atoms with E-state index in [0.29, 0.717) is 26.0 Å². The van der Waals surface area contributed by atoms with Crippen molar-refractivity contribution in [2.45, 2.75) is 33.2 Å². The molecule has 3 rings (SSSR count). The van der Waals surface area contributed by atoms with E-state index >= 15 is 0 Å². The standard InChI is InChI=1S/C23H27N3O2/c1-18-8-9-19(2)21(16-18)28-15-11-23(27)25-12-10-22-24-13-14-26(22)17-20-6-4-3-5-7-20/h3-9,13-14,16H,10-12,15,17H2,1-2H3,(H,25,27). The van der Waals surface area contributed by atoms with E-state index in [4.69, 9.17) is 4.74 Å². The Labute approximate surface area is 166 Å². The van der Waals surface area contributed by atoms with Crippen molar-refractivity contribution in [1.29, 1.82) is 0 Å². The number of nitrogens with one attached hydrogen (secondary N) is 1. The zero-order valence-corrected chi connectivity index (χ0v) is 16.5. The molecule has 1 aromatic heterocycles. The minimum absolute atomic E-state index is 0.00790.